The lowest BCUT2D eigenvalue weighted by Gasteiger charge is -2.21. The van der Waals surface area contributed by atoms with Crippen molar-refractivity contribution in [3.8, 4) is 0 Å². The number of benzene rings is 2. The SMILES string of the molecule is O=S(=O)(N[C@H](c1cccc(C(F)(F)F)c1)c1ncn[nH]1)C1=Cc2ccccc2CC1. The summed E-state index contributed by atoms with van der Waals surface area (Å²) in [6.45, 7) is 0. The molecule has 0 saturated carbocycles. The van der Waals surface area contributed by atoms with Crippen LogP contribution in [0.25, 0.3) is 6.08 Å². The van der Waals surface area contributed by atoms with Gasteiger partial charge in [-0.3, -0.25) is 5.10 Å². The first-order valence-electron chi connectivity index (χ1n) is 9.07. The van der Waals surface area contributed by atoms with Crippen molar-refractivity contribution in [2.45, 2.75) is 25.1 Å². The topological polar surface area (TPSA) is 87.7 Å². The minimum Gasteiger partial charge on any atom is -0.262 e. The van der Waals surface area contributed by atoms with Crippen LogP contribution in [-0.2, 0) is 22.6 Å². The first kappa shape index (κ1) is 20.3. The van der Waals surface area contributed by atoms with Crippen LogP contribution in [0.2, 0.25) is 0 Å². The van der Waals surface area contributed by atoms with Crippen molar-refractivity contribution in [3.05, 3.63) is 87.8 Å². The maximum atomic E-state index is 13.2. The van der Waals surface area contributed by atoms with Crippen LogP contribution in [0.3, 0.4) is 0 Å². The monoisotopic (exact) mass is 434 g/mol. The highest BCUT2D eigenvalue weighted by atomic mass is 32.2. The zero-order chi connectivity index (χ0) is 21.4. The molecule has 156 valence electrons. The minimum absolute atomic E-state index is 0.0923. The highest BCUT2D eigenvalue weighted by molar-refractivity contribution is 7.93. The lowest BCUT2D eigenvalue weighted by atomic mass is 9.98. The third-order valence-corrected chi connectivity index (χ3v) is 6.44. The lowest BCUT2D eigenvalue weighted by Crippen LogP contribution is -2.32. The fraction of sp³-hybridized carbons (Fsp3) is 0.200. The van der Waals surface area contributed by atoms with Gasteiger partial charge in [-0.25, -0.2) is 13.4 Å². The third-order valence-electron chi connectivity index (χ3n) is 4.88. The van der Waals surface area contributed by atoms with Gasteiger partial charge in [0, 0.05) is 0 Å². The summed E-state index contributed by atoms with van der Waals surface area (Å²) in [7, 11) is -4.01. The summed E-state index contributed by atoms with van der Waals surface area (Å²) in [5.74, 6) is 0.0923. The van der Waals surface area contributed by atoms with Crippen molar-refractivity contribution in [3.63, 3.8) is 0 Å². The summed E-state index contributed by atoms with van der Waals surface area (Å²) in [6.07, 6.45) is -0.959. The molecule has 0 fully saturated rings. The fourth-order valence-corrected chi connectivity index (χ4v) is 4.74. The Morgan fingerprint density at radius 3 is 2.60 bits per heavy atom. The summed E-state index contributed by atoms with van der Waals surface area (Å²) in [5, 5.41) is 6.25. The van der Waals surface area contributed by atoms with E-state index in [-0.39, 0.29) is 22.7 Å². The van der Waals surface area contributed by atoms with Crippen molar-refractivity contribution in [2.75, 3.05) is 0 Å². The van der Waals surface area contributed by atoms with Gasteiger partial charge in [0.15, 0.2) is 0 Å². The average Bonchev–Trinajstić information content (AvgIpc) is 3.26. The second kappa shape index (κ2) is 7.69. The largest absolute Gasteiger partial charge is 0.416 e. The molecule has 2 N–H and O–H groups in total. The molecule has 4 rings (SSSR count). The fourth-order valence-electron chi connectivity index (χ4n) is 3.38. The number of aryl methyl sites for hydroxylation is 1. The molecule has 1 atom stereocenters. The maximum Gasteiger partial charge on any atom is 0.416 e. The van der Waals surface area contributed by atoms with Crippen LogP contribution in [-0.4, -0.2) is 23.6 Å². The molecular formula is C20H17F3N4O2S. The Balaban J connectivity index is 1.71. The molecule has 0 saturated heterocycles. The zero-order valence-corrected chi connectivity index (χ0v) is 16.3. The van der Waals surface area contributed by atoms with Crippen molar-refractivity contribution >= 4 is 16.1 Å². The van der Waals surface area contributed by atoms with Gasteiger partial charge >= 0.3 is 6.18 Å². The molecule has 1 heterocycles. The van der Waals surface area contributed by atoms with Gasteiger partial charge in [-0.15, -0.1) is 0 Å². The molecule has 10 heteroatoms. The molecule has 0 unspecified atom stereocenters. The van der Waals surface area contributed by atoms with Gasteiger partial charge in [0.05, 0.1) is 10.5 Å². The molecule has 0 aliphatic heterocycles. The number of nitrogens with one attached hydrogen (secondary N) is 2. The quantitative estimate of drug-likeness (QED) is 0.639. The van der Waals surface area contributed by atoms with E-state index in [1.54, 1.807) is 6.08 Å². The predicted octanol–water partition coefficient (Wildman–Crippen LogP) is 3.82. The Bertz CT molecular complexity index is 1190. The number of nitrogens with zero attached hydrogens (tertiary/aromatic N) is 2. The van der Waals surface area contributed by atoms with Gasteiger partial charge in [0.25, 0.3) is 0 Å². The molecule has 6 nitrogen and oxygen atoms in total. The molecule has 3 aromatic rings. The molecular weight excluding hydrogens is 417 g/mol. The van der Waals surface area contributed by atoms with Crippen LogP contribution in [0.1, 0.15) is 40.5 Å². The maximum absolute atomic E-state index is 13.2. The number of fused-ring (bicyclic) bond motifs is 1. The van der Waals surface area contributed by atoms with Crippen LogP contribution in [0, 0.1) is 0 Å². The number of rotatable bonds is 5. The minimum atomic E-state index is -4.56. The number of alkyl halides is 3. The van der Waals surface area contributed by atoms with Crippen molar-refractivity contribution in [1.82, 2.24) is 19.9 Å². The van der Waals surface area contributed by atoms with Crippen LogP contribution in [0.15, 0.2) is 59.8 Å². The van der Waals surface area contributed by atoms with Crippen LogP contribution in [0.5, 0.6) is 0 Å². The van der Waals surface area contributed by atoms with Gasteiger partial charge in [-0.1, -0.05) is 36.4 Å². The number of H-pyrrole nitrogens is 1. The van der Waals surface area contributed by atoms with Gasteiger partial charge in [0.2, 0.25) is 10.0 Å². The smallest absolute Gasteiger partial charge is 0.262 e. The van der Waals surface area contributed by atoms with E-state index in [0.717, 1.165) is 23.3 Å². The second-order valence-corrected chi connectivity index (χ2v) is 8.62. The van der Waals surface area contributed by atoms with Crippen molar-refractivity contribution in [2.24, 2.45) is 0 Å². The number of aromatic nitrogens is 3. The molecule has 0 amide bonds. The molecule has 30 heavy (non-hydrogen) atoms. The number of hydrogen-bond acceptors (Lipinski definition) is 4. The number of aromatic amines is 1. The van der Waals surface area contributed by atoms with Crippen LogP contribution >= 0.6 is 0 Å². The van der Waals surface area contributed by atoms with Gasteiger partial charge < -0.3 is 0 Å². The highest BCUT2D eigenvalue weighted by Gasteiger charge is 2.33. The Morgan fingerprint density at radius 2 is 1.87 bits per heavy atom. The second-order valence-electron chi connectivity index (χ2n) is 6.86. The van der Waals surface area contributed by atoms with E-state index >= 15 is 0 Å². The van der Waals surface area contributed by atoms with Crippen LogP contribution in [0.4, 0.5) is 13.2 Å². The Kier molecular flexibility index (Phi) is 5.20. The van der Waals surface area contributed by atoms with E-state index in [2.05, 4.69) is 19.9 Å². The average molecular weight is 434 g/mol. The van der Waals surface area contributed by atoms with Crippen LogP contribution < -0.4 is 4.72 Å². The Labute approximate surface area is 170 Å². The standard InChI is InChI=1S/C20H17F3N4O2S/c21-20(22,23)16-7-3-6-15(10-16)18(19-24-12-25-26-19)27-30(28,29)17-9-8-13-4-1-2-5-14(13)11-17/h1-7,10-12,18,27H,8-9H2,(H,24,25,26)/t18-/m1/s1. The highest BCUT2D eigenvalue weighted by Crippen LogP contribution is 2.33. The van der Waals surface area contributed by atoms with E-state index < -0.39 is 27.8 Å². The first-order chi connectivity index (χ1) is 14.2. The van der Waals surface area contributed by atoms with Gasteiger partial charge in [-0.2, -0.15) is 23.0 Å². The summed E-state index contributed by atoms with van der Waals surface area (Å²) in [4.78, 5) is 4.12. The van der Waals surface area contributed by atoms with E-state index in [9.17, 15) is 21.6 Å². The summed E-state index contributed by atoms with van der Waals surface area (Å²) < 4.78 is 68.2. The molecule has 2 aromatic carbocycles. The number of allylic oxidation sites excluding steroid dienone is 1. The predicted molar refractivity (Wildman–Crippen MR) is 104 cm³/mol. The van der Waals surface area contributed by atoms with E-state index in [1.807, 2.05) is 24.3 Å². The molecule has 1 aromatic heterocycles. The zero-order valence-electron chi connectivity index (χ0n) is 15.5. The number of hydrogen-bond donors (Lipinski definition) is 2. The molecule has 0 radical (unpaired) electrons. The van der Waals surface area contributed by atoms with Crippen molar-refractivity contribution in [1.29, 1.82) is 0 Å². The number of halogens is 3. The molecule has 1 aliphatic rings. The lowest BCUT2D eigenvalue weighted by molar-refractivity contribution is -0.137. The van der Waals surface area contributed by atoms with Gasteiger partial charge in [-0.05, 0) is 47.7 Å². The Morgan fingerprint density at radius 1 is 1.07 bits per heavy atom. The normalized spacial score (nSPS) is 15.4. The summed E-state index contributed by atoms with van der Waals surface area (Å²) in [6, 6.07) is 10.8. The van der Waals surface area contributed by atoms with E-state index in [1.165, 1.54) is 18.5 Å². The third kappa shape index (κ3) is 4.14. The molecule has 0 bridgehead atoms. The summed E-state index contributed by atoms with van der Waals surface area (Å²) >= 11 is 0. The van der Waals surface area contributed by atoms with Gasteiger partial charge in [0.1, 0.15) is 18.2 Å². The Hall–Kier alpha value is -2.98. The van der Waals surface area contributed by atoms with Crippen molar-refractivity contribution < 1.29 is 21.6 Å². The van der Waals surface area contributed by atoms with E-state index in [4.69, 9.17) is 0 Å². The molecule has 1 aliphatic carbocycles. The van der Waals surface area contributed by atoms with E-state index in [0.29, 0.717) is 6.42 Å². The number of sulfonamides is 1. The molecule has 0 spiro atoms. The first-order valence-corrected chi connectivity index (χ1v) is 10.6. The summed E-state index contributed by atoms with van der Waals surface area (Å²) in [5.41, 5.74) is 1.07.